The van der Waals surface area contributed by atoms with Crippen molar-refractivity contribution in [3.63, 3.8) is 0 Å². The lowest BCUT2D eigenvalue weighted by molar-refractivity contribution is -0.122. The molecule has 3 rings (SSSR count). The number of nitrogens with zero attached hydrogens (tertiary/aromatic N) is 1. The number of carbonyl (C=O) groups excluding carboxylic acids is 3. The molecule has 1 fully saturated rings. The first kappa shape index (κ1) is 25.8. The summed E-state index contributed by atoms with van der Waals surface area (Å²) in [7, 11) is 0. The van der Waals surface area contributed by atoms with Crippen LogP contribution in [0.3, 0.4) is 0 Å². The number of benzene rings is 2. The second-order valence-electron chi connectivity index (χ2n) is 7.93. The van der Waals surface area contributed by atoms with E-state index >= 15 is 0 Å². The fourth-order valence-electron chi connectivity index (χ4n) is 3.63. The van der Waals surface area contributed by atoms with Gasteiger partial charge in [-0.15, -0.1) is 0 Å². The molecule has 0 spiro atoms. The van der Waals surface area contributed by atoms with Crippen LogP contribution < -0.4 is 24.4 Å². The van der Waals surface area contributed by atoms with E-state index in [4.69, 9.17) is 14.2 Å². The van der Waals surface area contributed by atoms with Crippen molar-refractivity contribution < 1.29 is 28.6 Å². The van der Waals surface area contributed by atoms with E-state index in [2.05, 4.69) is 12.2 Å². The first-order valence-electron chi connectivity index (χ1n) is 12.0. The van der Waals surface area contributed by atoms with Crippen LogP contribution in [0.2, 0.25) is 0 Å². The number of anilines is 1. The van der Waals surface area contributed by atoms with Gasteiger partial charge in [0.15, 0.2) is 11.5 Å². The lowest BCUT2D eigenvalue weighted by Gasteiger charge is -2.26. The number of urea groups is 1. The predicted octanol–water partition coefficient (Wildman–Crippen LogP) is 5.11. The zero-order valence-electron chi connectivity index (χ0n) is 20.5. The molecule has 1 N–H and O–H groups in total. The molecule has 1 saturated heterocycles. The molecule has 0 bridgehead atoms. The van der Waals surface area contributed by atoms with Gasteiger partial charge in [0, 0.05) is 0 Å². The standard InChI is InChI=1S/C27H32N2O6/c1-4-7-8-9-16-35-23-15-10-19(18-24(23)34-6-3)17-22-25(30)28-27(32)29(26(22)31)20-11-13-21(14-12-20)33-5-2/h10-15,17-18H,4-9,16H2,1-3H3,(H,28,30,32)/b22-17+. The number of amides is 4. The number of rotatable bonds is 12. The summed E-state index contributed by atoms with van der Waals surface area (Å²) in [5.41, 5.74) is 0.747. The fourth-order valence-corrected chi connectivity index (χ4v) is 3.63. The summed E-state index contributed by atoms with van der Waals surface area (Å²) in [6.45, 7) is 7.41. The van der Waals surface area contributed by atoms with Crippen molar-refractivity contribution >= 4 is 29.6 Å². The highest BCUT2D eigenvalue weighted by Gasteiger charge is 2.36. The minimum atomic E-state index is -0.803. The molecule has 186 valence electrons. The Labute approximate surface area is 205 Å². The summed E-state index contributed by atoms with van der Waals surface area (Å²) in [6.07, 6.45) is 5.82. The Morgan fingerprint density at radius 1 is 0.829 bits per heavy atom. The van der Waals surface area contributed by atoms with E-state index in [-0.39, 0.29) is 5.57 Å². The van der Waals surface area contributed by atoms with E-state index in [1.807, 2.05) is 13.8 Å². The molecule has 2 aromatic carbocycles. The van der Waals surface area contributed by atoms with Crippen LogP contribution in [0.4, 0.5) is 10.5 Å². The Kier molecular flexibility index (Phi) is 9.29. The fraction of sp³-hybridized carbons (Fsp3) is 0.370. The first-order valence-corrected chi connectivity index (χ1v) is 12.0. The van der Waals surface area contributed by atoms with Gasteiger partial charge in [-0.25, -0.2) is 9.69 Å². The smallest absolute Gasteiger partial charge is 0.335 e. The number of nitrogens with one attached hydrogen (secondary N) is 1. The number of hydrogen-bond acceptors (Lipinski definition) is 6. The lowest BCUT2D eigenvalue weighted by Crippen LogP contribution is -2.54. The first-order chi connectivity index (χ1) is 17.0. The number of carbonyl (C=O) groups is 3. The predicted molar refractivity (Wildman–Crippen MR) is 134 cm³/mol. The topological polar surface area (TPSA) is 94.2 Å². The van der Waals surface area contributed by atoms with Crippen molar-refractivity contribution in [3.05, 3.63) is 53.6 Å². The van der Waals surface area contributed by atoms with Crippen molar-refractivity contribution in [1.82, 2.24) is 5.32 Å². The molecule has 0 saturated carbocycles. The largest absolute Gasteiger partial charge is 0.494 e. The molecular formula is C27H32N2O6. The molecule has 0 radical (unpaired) electrons. The van der Waals surface area contributed by atoms with Crippen LogP contribution in [-0.4, -0.2) is 37.7 Å². The summed E-state index contributed by atoms with van der Waals surface area (Å²) >= 11 is 0. The highest BCUT2D eigenvalue weighted by molar-refractivity contribution is 6.39. The van der Waals surface area contributed by atoms with E-state index in [0.717, 1.165) is 24.2 Å². The molecule has 8 heteroatoms. The maximum Gasteiger partial charge on any atom is 0.335 e. The Morgan fingerprint density at radius 3 is 2.26 bits per heavy atom. The SMILES string of the molecule is CCCCCCOc1ccc(/C=C2\C(=O)NC(=O)N(c3ccc(OCC)cc3)C2=O)cc1OCC. The van der Waals surface area contributed by atoms with Crippen molar-refractivity contribution in [2.45, 2.75) is 46.5 Å². The molecule has 2 aromatic rings. The Morgan fingerprint density at radius 2 is 1.57 bits per heavy atom. The van der Waals surface area contributed by atoms with Gasteiger partial charge in [0.2, 0.25) is 0 Å². The third-order valence-corrected chi connectivity index (χ3v) is 5.34. The maximum atomic E-state index is 13.2. The van der Waals surface area contributed by atoms with Crippen molar-refractivity contribution in [2.75, 3.05) is 24.7 Å². The molecule has 0 aliphatic carbocycles. The molecule has 0 aromatic heterocycles. The Bertz CT molecular complexity index is 1080. The molecule has 35 heavy (non-hydrogen) atoms. The summed E-state index contributed by atoms with van der Waals surface area (Å²) < 4.78 is 17.0. The molecule has 8 nitrogen and oxygen atoms in total. The van der Waals surface area contributed by atoms with Gasteiger partial charge in [-0.1, -0.05) is 32.3 Å². The van der Waals surface area contributed by atoms with Crippen molar-refractivity contribution in [3.8, 4) is 17.2 Å². The van der Waals surface area contributed by atoms with Crippen LogP contribution >= 0.6 is 0 Å². The van der Waals surface area contributed by atoms with Gasteiger partial charge in [-0.05, 0) is 68.3 Å². The second kappa shape index (κ2) is 12.6. The minimum Gasteiger partial charge on any atom is -0.494 e. The molecule has 1 aliphatic heterocycles. The Balaban J connectivity index is 1.83. The third kappa shape index (κ3) is 6.62. The van der Waals surface area contributed by atoms with Gasteiger partial charge < -0.3 is 14.2 Å². The normalized spacial score (nSPS) is 14.8. The molecule has 4 amide bonds. The van der Waals surface area contributed by atoms with Gasteiger partial charge in [-0.2, -0.15) is 0 Å². The van der Waals surface area contributed by atoms with Crippen molar-refractivity contribution in [2.24, 2.45) is 0 Å². The highest BCUT2D eigenvalue weighted by atomic mass is 16.5. The zero-order valence-corrected chi connectivity index (χ0v) is 20.5. The van der Waals surface area contributed by atoms with E-state index in [1.54, 1.807) is 42.5 Å². The molecule has 1 heterocycles. The quantitative estimate of drug-likeness (QED) is 0.258. The number of ether oxygens (including phenoxy) is 3. The number of hydrogen-bond donors (Lipinski definition) is 1. The van der Waals surface area contributed by atoms with Crippen LogP contribution in [0, 0.1) is 0 Å². The van der Waals surface area contributed by atoms with Gasteiger partial charge in [0.05, 0.1) is 25.5 Å². The van der Waals surface area contributed by atoms with E-state index < -0.39 is 17.8 Å². The summed E-state index contributed by atoms with van der Waals surface area (Å²) in [5, 5.41) is 2.24. The van der Waals surface area contributed by atoms with Gasteiger partial charge in [-0.3, -0.25) is 14.9 Å². The second-order valence-corrected chi connectivity index (χ2v) is 7.93. The summed E-state index contributed by atoms with van der Waals surface area (Å²) in [5.74, 6) is 0.286. The third-order valence-electron chi connectivity index (χ3n) is 5.34. The van der Waals surface area contributed by atoms with E-state index in [1.165, 1.54) is 12.5 Å². The maximum absolute atomic E-state index is 13.2. The average Bonchev–Trinajstić information content (AvgIpc) is 2.84. The molecule has 0 unspecified atom stereocenters. The lowest BCUT2D eigenvalue weighted by atomic mass is 10.1. The molecule has 1 aliphatic rings. The number of imide groups is 2. The number of unbranched alkanes of at least 4 members (excludes halogenated alkanes) is 3. The molecular weight excluding hydrogens is 448 g/mol. The van der Waals surface area contributed by atoms with E-state index in [9.17, 15) is 14.4 Å². The van der Waals surface area contributed by atoms with Crippen LogP contribution in [0.15, 0.2) is 48.0 Å². The zero-order chi connectivity index (χ0) is 25.2. The van der Waals surface area contributed by atoms with Crippen LogP contribution in [0.1, 0.15) is 52.0 Å². The van der Waals surface area contributed by atoms with Gasteiger partial charge in [0.1, 0.15) is 11.3 Å². The highest BCUT2D eigenvalue weighted by Crippen LogP contribution is 2.31. The van der Waals surface area contributed by atoms with E-state index in [0.29, 0.717) is 48.3 Å². The van der Waals surface area contributed by atoms with Crippen LogP contribution in [0.5, 0.6) is 17.2 Å². The summed E-state index contributed by atoms with van der Waals surface area (Å²) in [6, 6.07) is 10.9. The van der Waals surface area contributed by atoms with Crippen LogP contribution in [-0.2, 0) is 9.59 Å². The molecule has 0 atom stereocenters. The van der Waals surface area contributed by atoms with Crippen LogP contribution in [0.25, 0.3) is 6.08 Å². The van der Waals surface area contributed by atoms with Gasteiger partial charge in [0.25, 0.3) is 11.8 Å². The minimum absolute atomic E-state index is 0.158. The summed E-state index contributed by atoms with van der Waals surface area (Å²) in [4.78, 5) is 39.1. The Hall–Kier alpha value is -3.81. The van der Waals surface area contributed by atoms with Gasteiger partial charge >= 0.3 is 6.03 Å². The van der Waals surface area contributed by atoms with Crippen molar-refractivity contribution in [1.29, 1.82) is 0 Å². The number of barbiturate groups is 1. The average molecular weight is 481 g/mol. The monoisotopic (exact) mass is 480 g/mol.